The molecule has 1 fully saturated rings. The van der Waals surface area contributed by atoms with Crippen LogP contribution in [0.4, 0.5) is 0 Å². The minimum absolute atomic E-state index is 0.358. The SMILES string of the molecule is COC1CCCC(OCCc2nc(CCl)cs2)C1. The Morgan fingerprint density at radius 3 is 3.00 bits per heavy atom. The fraction of sp³-hybridized carbons (Fsp3) is 0.769. The summed E-state index contributed by atoms with van der Waals surface area (Å²) in [6, 6.07) is 0. The topological polar surface area (TPSA) is 31.4 Å². The quantitative estimate of drug-likeness (QED) is 0.752. The van der Waals surface area contributed by atoms with Crippen LogP contribution in [0.25, 0.3) is 0 Å². The smallest absolute Gasteiger partial charge is 0.0951 e. The van der Waals surface area contributed by atoms with E-state index < -0.39 is 0 Å². The summed E-state index contributed by atoms with van der Waals surface area (Å²) in [5, 5.41) is 3.13. The summed E-state index contributed by atoms with van der Waals surface area (Å²) in [6.45, 7) is 0.746. The third-order valence-electron chi connectivity index (χ3n) is 3.32. The number of ether oxygens (including phenoxy) is 2. The first-order valence-electron chi connectivity index (χ1n) is 6.45. The van der Waals surface area contributed by atoms with Gasteiger partial charge in [0, 0.05) is 18.9 Å². The largest absolute Gasteiger partial charge is 0.381 e. The molecule has 0 saturated heterocycles. The third kappa shape index (κ3) is 4.19. The molecule has 0 radical (unpaired) electrons. The van der Waals surface area contributed by atoms with E-state index in [1.807, 2.05) is 5.38 Å². The van der Waals surface area contributed by atoms with Crippen LogP contribution in [-0.4, -0.2) is 30.9 Å². The van der Waals surface area contributed by atoms with Crippen LogP contribution in [0.15, 0.2) is 5.38 Å². The molecule has 0 aliphatic heterocycles. The van der Waals surface area contributed by atoms with Crippen LogP contribution < -0.4 is 0 Å². The number of thiazole rings is 1. The summed E-state index contributed by atoms with van der Waals surface area (Å²) < 4.78 is 11.3. The fourth-order valence-electron chi connectivity index (χ4n) is 2.31. The molecular formula is C13H20ClNO2S. The molecule has 1 aliphatic carbocycles. The van der Waals surface area contributed by atoms with Crippen molar-refractivity contribution in [2.45, 2.75) is 50.2 Å². The van der Waals surface area contributed by atoms with Crippen molar-refractivity contribution in [3.63, 3.8) is 0 Å². The lowest BCUT2D eigenvalue weighted by molar-refractivity contribution is -0.0284. The van der Waals surface area contributed by atoms with E-state index in [0.29, 0.717) is 18.1 Å². The van der Waals surface area contributed by atoms with Gasteiger partial charge in [-0.05, 0) is 25.7 Å². The minimum atomic E-state index is 0.358. The molecule has 3 nitrogen and oxygen atoms in total. The number of halogens is 1. The summed E-state index contributed by atoms with van der Waals surface area (Å²) in [5.41, 5.74) is 0.966. The molecule has 0 amide bonds. The highest BCUT2D eigenvalue weighted by Crippen LogP contribution is 2.23. The van der Waals surface area contributed by atoms with Gasteiger partial charge in [0.15, 0.2) is 0 Å². The Morgan fingerprint density at radius 2 is 2.28 bits per heavy atom. The van der Waals surface area contributed by atoms with Gasteiger partial charge in [-0.15, -0.1) is 22.9 Å². The standard InChI is InChI=1S/C13H20ClNO2S/c1-16-11-3-2-4-12(7-11)17-6-5-13-15-10(8-14)9-18-13/h9,11-12H,2-8H2,1H3. The maximum atomic E-state index is 5.92. The first kappa shape index (κ1) is 14.3. The second-order valence-corrected chi connectivity index (χ2v) is 5.84. The molecular weight excluding hydrogens is 270 g/mol. The third-order valence-corrected chi connectivity index (χ3v) is 4.55. The molecule has 1 heterocycles. The molecule has 102 valence electrons. The number of aromatic nitrogens is 1. The summed E-state index contributed by atoms with van der Waals surface area (Å²) in [4.78, 5) is 4.42. The molecule has 1 aromatic rings. The highest BCUT2D eigenvalue weighted by Gasteiger charge is 2.21. The fourth-order valence-corrected chi connectivity index (χ4v) is 3.31. The first-order chi connectivity index (χ1) is 8.81. The second-order valence-electron chi connectivity index (χ2n) is 4.63. The number of alkyl halides is 1. The number of hydrogen-bond donors (Lipinski definition) is 0. The second kappa shape index (κ2) is 7.43. The van der Waals surface area contributed by atoms with Crippen molar-refractivity contribution in [3.8, 4) is 0 Å². The van der Waals surface area contributed by atoms with E-state index in [4.69, 9.17) is 21.1 Å². The maximum absolute atomic E-state index is 5.92. The molecule has 0 N–H and O–H groups in total. The average Bonchev–Trinajstić information content (AvgIpc) is 2.87. The van der Waals surface area contributed by atoms with Crippen molar-refractivity contribution in [2.24, 2.45) is 0 Å². The van der Waals surface area contributed by atoms with E-state index in [0.717, 1.165) is 36.6 Å². The Bertz CT molecular complexity index is 359. The Balaban J connectivity index is 1.68. The Labute approximate surface area is 117 Å². The Hall–Kier alpha value is -0.160. The zero-order valence-corrected chi connectivity index (χ0v) is 12.3. The molecule has 5 heteroatoms. The van der Waals surface area contributed by atoms with E-state index in [1.54, 1.807) is 18.4 Å². The van der Waals surface area contributed by atoms with Crippen LogP contribution in [0.2, 0.25) is 0 Å². The van der Waals surface area contributed by atoms with E-state index in [9.17, 15) is 0 Å². The molecule has 0 bridgehead atoms. The van der Waals surface area contributed by atoms with Crippen LogP contribution in [0.5, 0.6) is 0 Å². The summed E-state index contributed by atoms with van der Waals surface area (Å²) >= 11 is 7.39. The molecule has 0 aromatic carbocycles. The average molecular weight is 290 g/mol. The monoisotopic (exact) mass is 289 g/mol. The molecule has 0 spiro atoms. The van der Waals surface area contributed by atoms with E-state index >= 15 is 0 Å². The normalized spacial score (nSPS) is 24.3. The van der Waals surface area contributed by atoms with Gasteiger partial charge in [0.05, 0.1) is 35.4 Å². The Kier molecular flexibility index (Phi) is 5.89. The summed E-state index contributed by atoms with van der Waals surface area (Å²) in [7, 11) is 1.79. The minimum Gasteiger partial charge on any atom is -0.381 e. The summed E-state index contributed by atoms with van der Waals surface area (Å²) in [5.74, 6) is 0.496. The van der Waals surface area contributed by atoms with Gasteiger partial charge >= 0.3 is 0 Å². The highest BCUT2D eigenvalue weighted by atomic mass is 35.5. The van der Waals surface area contributed by atoms with E-state index in [-0.39, 0.29) is 0 Å². The van der Waals surface area contributed by atoms with Crippen molar-refractivity contribution in [3.05, 3.63) is 16.1 Å². The number of nitrogens with zero attached hydrogens (tertiary/aromatic N) is 1. The Morgan fingerprint density at radius 1 is 1.44 bits per heavy atom. The number of rotatable bonds is 6. The van der Waals surface area contributed by atoms with Gasteiger partial charge in [-0.25, -0.2) is 4.98 Å². The van der Waals surface area contributed by atoms with Crippen LogP contribution in [0.3, 0.4) is 0 Å². The predicted molar refractivity (Wildman–Crippen MR) is 74.4 cm³/mol. The van der Waals surface area contributed by atoms with E-state index in [1.165, 1.54) is 12.8 Å². The van der Waals surface area contributed by atoms with E-state index in [2.05, 4.69) is 4.98 Å². The van der Waals surface area contributed by atoms with Crippen molar-refractivity contribution < 1.29 is 9.47 Å². The zero-order valence-electron chi connectivity index (χ0n) is 10.7. The highest BCUT2D eigenvalue weighted by molar-refractivity contribution is 7.09. The lowest BCUT2D eigenvalue weighted by atomic mass is 9.95. The zero-order chi connectivity index (χ0) is 12.8. The van der Waals surface area contributed by atoms with Gasteiger partial charge < -0.3 is 9.47 Å². The molecule has 2 unspecified atom stereocenters. The van der Waals surface area contributed by atoms with Crippen molar-refractivity contribution in [1.82, 2.24) is 4.98 Å². The van der Waals surface area contributed by atoms with Crippen molar-refractivity contribution >= 4 is 22.9 Å². The van der Waals surface area contributed by atoms with Crippen LogP contribution in [0.1, 0.15) is 36.4 Å². The molecule has 1 saturated carbocycles. The van der Waals surface area contributed by atoms with Gasteiger partial charge in [-0.1, -0.05) is 0 Å². The maximum Gasteiger partial charge on any atom is 0.0951 e. The van der Waals surface area contributed by atoms with Gasteiger partial charge in [-0.2, -0.15) is 0 Å². The first-order valence-corrected chi connectivity index (χ1v) is 7.87. The molecule has 2 atom stereocenters. The number of methoxy groups -OCH3 is 1. The molecule has 1 aliphatic rings. The van der Waals surface area contributed by atoms with Crippen molar-refractivity contribution in [1.29, 1.82) is 0 Å². The lowest BCUT2D eigenvalue weighted by Crippen LogP contribution is -2.28. The van der Waals surface area contributed by atoms with Crippen LogP contribution >= 0.6 is 22.9 Å². The van der Waals surface area contributed by atoms with Gasteiger partial charge in [-0.3, -0.25) is 0 Å². The van der Waals surface area contributed by atoms with Gasteiger partial charge in [0.25, 0.3) is 0 Å². The predicted octanol–water partition coefficient (Wildman–Crippen LogP) is 3.40. The van der Waals surface area contributed by atoms with Crippen molar-refractivity contribution in [2.75, 3.05) is 13.7 Å². The molecule has 2 rings (SSSR count). The molecule has 1 aromatic heterocycles. The molecule has 18 heavy (non-hydrogen) atoms. The number of hydrogen-bond acceptors (Lipinski definition) is 4. The van der Waals surface area contributed by atoms with Crippen LogP contribution in [0, 0.1) is 0 Å². The van der Waals surface area contributed by atoms with Gasteiger partial charge in [0.2, 0.25) is 0 Å². The lowest BCUT2D eigenvalue weighted by Gasteiger charge is -2.28. The van der Waals surface area contributed by atoms with Crippen LogP contribution in [-0.2, 0) is 21.8 Å². The summed E-state index contributed by atoms with van der Waals surface area (Å²) in [6.07, 6.45) is 6.18. The van der Waals surface area contributed by atoms with Gasteiger partial charge in [0.1, 0.15) is 0 Å².